The number of anilines is 2. The lowest BCUT2D eigenvalue weighted by Gasteiger charge is -2.28. The maximum Gasteiger partial charge on any atom is 0.293 e. The Morgan fingerprint density at radius 2 is 1.89 bits per heavy atom. The van der Waals surface area contributed by atoms with Crippen LogP contribution in [-0.2, 0) is 4.74 Å². The Kier molecular flexibility index (Phi) is 6.34. The van der Waals surface area contributed by atoms with Crippen LogP contribution in [0.5, 0.6) is 0 Å². The van der Waals surface area contributed by atoms with Crippen molar-refractivity contribution in [3.63, 3.8) is 0 Å². The SMILES string of the molecule is Cc1cc(C)c2oc(-c3ccc(Cl)c(NC(=O)c4ccc(N5CCOCC5)c([N+](=O)[O-])c4)c3)nc2c1. The number of nitro groups is 1. The van der Waals surface area contributed by atoms with Crippen LogP contribution in [0.1, 0.15) is 21.5 Å². The molecule has 0 aliphatic carbocycles. The summed E-state index contributed by atoms with van der Waals surface area (Å²) in [5.74, 6) is -0.119. The van der Waals surface area contributed by atoms with E-state index in [1.54, 1.807) is 30.3 Å². The number of carbonyl (C=O) groups is 1. The number of aromatic nitrogens is 1. The first-order chi connectivity index (χ1) is 17.3. The van der Waals surface area contributed by atoms with E-state index in [4.69, 9.17) is 20.8 Å². The van der Waals surface area contributed by atoms with Crippen LogP contribution in [0.25, 0.3) is 22.6 Å². The summed E-state index contributed by atoms with van der Waals surface area (Å²) in [4.78, 5) is 30.8. The lowest BCUT2D eigenvalue weighted by Crippen LogP contribution is -2.36. The summed E-state index contributed by atoms with van der Waals surface area (Å²) in [5.41, 5.74) is 4.95. The van der Waals surface area contributed by atoms with E-state index >= 15 is 0 Å². The van der Waals surface area contributed by atoms with Crippen LogP contribution in [-0.4, -0.2) is 42.1 Å². The Morgan fingerprint density at radius 1 is 1.11 bits per heavy atom. The molecule has 1 aliphatic heterocycles. The van der Waals surface area contributed by atoms with E-state index in [0.717, 1.165) is 16.6 Å². The molecule has 184 valence electrons. The second-order valence-corrected chi connectivity index (χ2v) is 9.07. The van der Waals surface area contributed by atoms with Crippen molar-refractivity contribution >= 4 is 45.7 Å². The average Bonchev–Trinajstić information content (AvgIpc) is 3.30. The molecule has 0 unspecified atom stereocenters. The highest BCUT2D eigenvalue weighted by molar-refractivity contribution is 6.34. The molecule has 1 aromatic heterocycles. The van der Waals surface area contributed by atoms with Gasteiger partial charge in [-0.05, 0) is 61.4 Å². The summed E-state index contributed by atoms with van der Waals surface area (Å²) in [6.45, 7) is 6.03. The molecule has 1 fully saturated rings. The van der Waals surface area contributed by atoms with E-state index in [2.05, 4.69) is 10.3 Å². The van der Waals surface area contributed by atoms with Crippen LogP contribution >= 0.6 is 11.6 Å². The van der Waals surface area contributed by atoms with E-state index in [-0.39, 0.29) is 11.3 Å². The Hall–Kier alpha value is -3.95. The van der Waals surface area contributed by atoms with Crippen LogP contribution in [0.15, 0.2) is 52.9 Å². The number of rotatable bonds is 5. The molecule has 0 radical (unpaired) electrons. The molecule has 1 saturated heterocycles. The van der Waals surface area contributed by atoms with Crippen molar-refractivity contribution in [2.75, 3.05) is 36.5 Å². The zero-order valence-corrected chi connectivity index (χ0v) is 20.5. The van der Waals surface area contributed by atoms with Crippen molar-refractivity contribution in [1.29, 1.82) is 0 Å². The molecule has 0 atom stereocenters. The Balaban J connectivity index is 1.43. The van der Waals surface area contributed by atoms with Crippen molar-refractivity contribution in [2.45, 2.75) is 13.8 Å². The fourth-order valence-electron chi connectivity index (χ4n) is 4.33. The summed E-state index contributed by atoms with van der Waals surface area (Å²) in [5, 5.41) is 14.8. The van der Waals surface area contributed by atoms with Gasteiger partial charge in [-0.25, -0.2) is 4.98 Å². The molecular weight excluding hydrogens is 484 g/mol. The van der Waals surface area contributed by atoms with Gasteiger partial charge in [-0.2, -0.15) is 0 Å². The Bertz CT molecular complexity index is 1490. The van der Waals surface area contributed by atoms with E-state index in [0.29, 0.717) is 59.7 Å². The number of aryl methyl sites for hydroxylation is 2. The van der Waals surface area contributed by atoms with Gasteiger partial charge in [0.2, 0.25) is 5.89 Å². The fourth-order valence-corrected chi connectivity index (χ4v) is 4.50. The van der Waals surface area contributed by atoms with Crippen LogP contribution in [0, 0.1) is 24.0 Å². The maximum atomic E-state index is 13.0. The van der Waals surface area contributed by atoms with Crippen molar-refractivity contribution in [2.24, 2.45) is 0 Å². The van der Waals surface area contributed by atoms with Crippen LogP contribution in [0.3, 0.4) is 0 Å². The van der Waals surface area contributed by atoms with E-state index in [9.17, 15) is 14.9 Å². The first-order valence-corrected chi connectivity index (χ1v) is 11.8. The molecule has 1 amide bonds. The third-order valence-electron chi connectivity index (χ3n) is 6.07. The number of hydrogen-bond acceptors (Lipinski definition) is 7. The van der Waals surface area contributed by atoms with Crippen LogP contribution in [0.4, 0.5) is 17.1 Å². The number of oxazole rings is 1. The van der Waals surface area contributed by atoms with Gasteiger partial charge in [-0.1, -0.05) is 17.7 Å². The Labute approximate surface area is 211 Å². The van der Waals surface area contributed by atoms with E-state index in [1.165, 1.54) is 6.07 Å². The van der Waals surface area contributed by atoms with Crippen molar-refractivity contribution in [3.8, 4) is 11.5 Å². The molecule has 3 aromatic carbocycles. The molecule has 1 aliphatic rings. The molecule has 2 heterocycles. The van der Waals surface area contributed by atoms with Gasteiger partial charge >= 0.3 is 0 Å². The molecule has 4 aromatic rings. The number of ether oxygens (including phenoxy) is 1. The second-order valence-electron chi connectivity index (χ2n) is 8.66. The lowest BCUT2D eigenvalue weighted by molar-refractivity contribution is -0.384. The maximum absolute atomic E-state index is 13.0. The second kappa shape index (κ2) is 9.60. The summed E-state index contributed by atoms with van der Waals surface area (Å²) in [6, 6.07) is 13.5. The first kappa shape index (κ1) is 23.8. The number of amides is 1. The van der Waals surface area contributed by atoms with Gasteiger partial charge in [0.1, 0.15) is 11.2 Å². The molecule has 0 bridgehead atoms. The standard InChI is InChI=1S/C26H23ClN4O5/c1-15-11-16(2)24-21(12-15)29-26(36-24)18-3-5-19(27)20(13-18)28-25(32)17-4-6-22(23(14-17)31(33)34)30-7-9-35-10-8-30/h3-6,11-14H,7-10H2,1-2H3,(H,28,32). The minimum Gasteiger partial charge on any atom is -0.436 e. The number of benzene rings is 3. The van der Waals surface area contributed by atoms with E-state index < -0.39 is 10.8 Å². The quantitative estimate of drug-likeness (QED) is 0.270. The predicted molar refractivity (Wildman–Crippen MR) is 138 cm³/mol. The van der Waals surface area contributed by atoms with Crippen LogP contribution < -0.4 is 10.2 Å². The third-order valence-corrected chi connectivity index (χ3v) is 6.40. The van der Waals surface area contributed by atoms with Gasteiger partial charge in [0.15, 0.2) is 5.58 Å². The highest BCUT2D eigenvalue weighted by atomic mass is 35.5. The number of morpholine rings is 1. The summed E-state index contributed by atoms with van der Waals surface area (Å²) < 4.78 is 11.3. The molecular formula is C26H23ClN4O5. The number of halogens is 1. The summed E-state index contributed by atoms with van der Waals surface area (Å²) in [6.07, 6.45) is 0. The molecule has 1 N–H and O–H groups in total. The van der Waals surface area contributed by atoms with Gasteiger partial charge in [-0.3, -0.25) is 14.9 Å². The highest BCUT2D eigenvalue weighted by Crippen LogP contribution is 2.33. The van der Waals surface area contributed by atoms with E-state index in [1.807, 2.05) is 30.9 Å². The summed E-state index contributed by atoms with van der Waals surface area (Å²) in [7, 11) is 0. The minimum atomic E-state index is -0.519. The first-order valence-electron chi connectivity index (χ1n) is 11.4. The lowest BCUT2D eigenvalue weighted by atomic mass is 10.1. The molecule has 10 heteroatoms. The number of nitrogens with zero attached hydrogens (tertiary/aromatic N) is 3. The number of nitro benzene ring substituents is 1. The predicted octanol–water partition coefficient (Wildman–Crippen LogP) is 5.76. The number of hydrogen-bond donors (Lipinski definition) is 1. The topological polar surface area (TPSA) is 111 Å². The number of nitrogens with one attached hydrogen (secondary N) is 1. The number of fused-ring (bicyclic) bond motifs is 1. The fraction of sp³-hybridized carbons (Fsp3) is 0.231. The largest absolute Gasteiger partial charge is 0.436 e. The van der Waals surface area contributed by atoms with Gasteiger partial charge in [0.25, 0.3) is 11.6 Å². The molecule has 9 nitrogen and oxygen atoms in total. The van der Waals surface area contributed by atoms with Gasteiger partial charge in [-0.15, -0.1) is 0 Å². The summed E-state index contributed by atoms with van der Waals surface area (Å²) >= 11 is 6.36. The van der Waals surface area contributed by atoms with Gasteiger partial charge in [0, 0.05) is 30.3 Å². The number of carbonyl (C=O) groups excluding carboxylic acids is 1. The highest BCUT2D eigenvalue weighted by Gasteiger charge is 2.24. The minimum absolute atomic E-state index is 0.137. The van der Waals surface area contributed by atoms with Crippen LogP contribution in [0.2, 0.25) is 5.02 Å². The third kappa shape index (κ3) is 4.62. The smallest absolute Gasteiger partial charge is 0.293 e. The van der Waals surface area contributed by atoms with Crippen molar-refractivity contribution in [3.05, 3.63) is 80.4 Å². The monoisotopic (exact) mass is 506 g/mol. The van der Waals surface area contributed by atoms with Crippen molar-refractivity contribution < 1.29 is 18.9 Å². The zero-order valence-electron chi connectivity index (χ0n) is 19.7. The Morgan fingerprint density at radius 3 is 2.64 bits per heavy atom. The normalized spacial score (nSPS) is 13.7. The zero-order chi connectivity index (χ0) is 25.4. The molecule has 36 heavy (non-hydrogen) atoms. The molecule has 0 saturated carbocycles. The molecule has 5 rings (SSSR count). The van der Waals surface area contributed by atoms with Crippen molar-refractivity contribution in [1.82, 2.24) is 4.98 Å². The molecule has 0 spiro atoms. The van der Waals surface area contributed by atoms with Gasteiger partial charge in [0.05, 0.1) is 28.8 Å². The van der Waals surface area contributed by atoms with Gasteiger partial charge < -0.3 is 19.4 Å². The average molecular weight is 507 g/mol.